The summed E-state index contributed by atoms with van der Waals surface area (Å²) in [7, 11) is 1.53. The number of halogens is 2. The molecular formula is C14H19ClINO3. The van der Waals surface area contributed by atoms with Crippen LogP contribution in [0.1, 0.15) is 30.1 Å². The van der Waals surface area contributed by atoms with Crippen LogP contribution in [0.5, 0.6) is 5.75 Å². The Bertz CT molecular complexity index is 468. The van der Waals surface area contributed by atoms with Crippen molar-refractivity contribution in [1.29, 1.82) is 0 Å². The number of amides is 1. The quantitative estimate of drug-likeness (QED) is 0.535. The highest BCUT2D eigenvalue weighted by molar-refractivity contribution is 14.1. The molecule has 6 heteroatoms. The highest BCUT2D eigenvalue weighted by Gasteiger charge is 2.14. The van der Waals surface area contributed by atoms with Crippen LogP contribution in [0.2, 0.25) is 5.02 Å². The lowest BCUT2D eigenvalue weighted by atomic mass is 10.1. The zero-order chi connectivity index (χ0) is 15.1. The number of rotatable bonds is 7. The van der Waals surface area contributed by atoms with E-state index in [0.717, 1.165) is 16.4 Å². The summed E-state index contributed by atoms with van der Waals surface area (Å²) in [6, 6.07) is 3.36. The Kier molecular flexibility index (Phi) is 7.61. The standard InChI is InChI=1S/C14H19ClINO3/c1-9(8-18)4-3-5-17-14(19)10-6-11(15)12(16)7-13(10)20-2/h6-7,9,18H,3-5,8H2,1-2H3,(H,17,19). The Morgan fingerprint density at radius 3 is 2.85 bits per heavy atom. The van der Waals surface area contributed by atoms with Gasteiger partial charge in [0.15, 0.2) is 0 Å². The average Bonchev–Trinajstić information content (AvgIpc) is 2.45. The van der Waals surface area contributed by atoms with Gasteiger partial charge < -0.3 is 15.2 Å². The summed E-state index contributed by atoms with van der Waals surface area (Å²) < 4.78 is 6.05. The van der Waals surface area contributed by atoms with Gasteiger partial charge in [0, 0.05) is 16.7 Å². The third-order valence-electron chi connectivity index (χ3n) is 2.96. The summed E-state index contributed by atoms with van der Waals surface area (Å²) >= 11 is 8.13. The molecule has 0 aliphatic heterocycles. The molecule has 1 rings (SSSR count). The molecule has 1 amide bonds. The summed E-state index contributed by atoms with van der Waals surface area (Å²) in [6.07, 6.45) is 1.70. The third-order valence-corrected chi connectivity index (χ3v) is 4.48. The number of carbonyl (C=O) groups excluding carboxylic acids is 1. The molecule has 4 nitrogen and oxygen atoms in total. The van der Waals surface area contributed by atoms with Gasteiger partial charge in [-0.25, -0.2) is 0 Å². The molecule has 0 saturated carbocycles. The van der Waals surface area contributed by atoms with Crippen molar-refractivity contribution in [3.63, 3.8) is 0 Å². The smallest absolute Gasteiger partial charge is 0.255 e. The first kappa shape index (κ1) is 17.5. The first-order valence-electron chi connectivity index (χ1n) is 6.41. The fourth-order valence-corrected chi connectivity index (χ4v) is 2.32. The molecule has 0 aliphatic rings. The van der Waals surface area contributed by atoms with Gasteiger partial charge in [0.2, 0.25) is 0 Å². The molecule has 0 aliphatic carbocycles. The maximum absolute atomic E-state index is 12.1. The molecule has 0 radical (unpaired) electrons. The maximum atomic E-state index is 12.1. The number of aliphatic hydroxyl groups excluding tert-OH is 1. The van der Waals surface area contributed by atoms with Gasteiger partial charge in [-0.2, -0.15) is 0 Å². The van der Waals surface area contributed by atoms with Gasteiger partial charge in [-0.1, -0.05) is 18.5 Å². The topological polar surface area (TPSA) is 58.6 Å². The van der Waals surface area contributed by atoms with Crippen molar-refractivity contribution in [1.82, 2.24) is 5.32 Å². The SMILES string of the molecule is COc1cc(I)c(Cl)cc1C(=O)NCCCC(C)CO. The van der Waals surface area contributed by atoms with Gasteiger partial charge in [0.25, 0.3) is 5.91 Å². The highest BCUT2D eigenvalue weighted by atomic mass is 127. The molecule has 1 unspecified atom stereocenters. The van der Waals surface area contributed by atoms with Crippen LogP contribution in [-0.4, -0.2) is 31.3 Å². The van der Waals surface area contributed by atoms with Gasteiger partial charge in [0.1, 0.15) is 5.75 Å². The minimum Gasteiger partial charge on any atom is -0.496 e. The van der Waals surface area contributed by atoms with Crippen LogP contribution in [0.3, 0.4) is 0 Å². The second kappa shape index (κ2) is 8.69. The van der Waals surface area contributed by atoms with E-state index >= 15 is 0 Å². The van der Waals surface area contributed by atoms with E-state index in [2.05, 4.69) is 27.9 Å². The Balaban J connectivity index is 2.61. The molecule has 1 atom stereocenters. The Morgan fingerprint density at radius 1 is 1.55 bits per heavy atom. The zero-order valence-electron chi connectivity index (χ0n) is 11.6. The van der Waals surface area contributed by atoms with Crippen molar-refractivity contribution in [2.75, 3.05) is 20.3 Å². The van der Waals surface area contributed by atoms with Crippen molar-refractivity contribution in [3.05, 3.63) is 26.3 Å². The van der Waals surface area contributed by atoms with E-state index in [9.17, 15) is 4.79 Å². The molecule has 0 bridgehead atoms. The zero-order valence-corrected chi connectivity index (χ0v) is 14.5. The second-order valence-electron chi connectivity index (χ2n) is 4.65. The molecule has 0 fully saturated rings. The van der Waals surface area contributed by atoms with Gasteiger partial charge >= 0.3 is 0 Å². The number of aliphatic hydroxyl groups is 1. The Morgan fingerprint density at radius 2 is 2.25 bits per heavy atom. The Hall–Kier alpha value is -0.530. The van der Waals surface area contributed by atoms with Crippen molar-refractivity contribution in [2.45, 2.75) is 19.8 Å². The van der Waals surface area contributed by atoms with Crippen LogP contribution in [0.15, 0.2) is 12.1 Å². The number of carbonyl (C=O) groups is 1. The van der Waals surface area contributed by atoms with E-state index in [4.69, 9.17) is 21.4 Å². The summed E-state index contributed by atoms with van der Waals surface area (Å²) in [5, 5.41) is 12.3. The molecule has 1 aromatic carbocycles. The van der Waals surface area contributed by atoms with Crippen LogP contribution < -0.4 is 10.1 Å². The van der Waals surface area contributed by atoms with Crippen molar-refractivity contribution in [3.8, 4) is 5.75 Å². The predicted octanol–water partition coefficient (Wildman–Crippen LogP) is 3.09. The van der Waals surface area contributed by atoms with Crippen LogP contribution in [0, 0.1) is 9.49 Å². The number of ether oxygens (including phenoxy) is 1. The van der Waals surface area contributed by atoms with Crippen molar-refractivity contribution >= 4 is 40.1 Å². The van der Waals surface area contributed by atoms with Crippen LogP contribution in [-0.2, 0) is 0 Å². The summed E-state index contributed by atoms with van der Waals surface area (Å²) in [5.41, 5.74) is 0.438. The molecule has 0 spiro atoms. The molecule has 1 aromatic rings. The average molecular weight is 412 g/mol. The molecule has 20 heavy (non-hydrogen) atoms. The van der Waals surface area contributed by atoms with E-state index in [-0.39, 0.29) is 18.4 Å². The van der Waals surface area contributed by atoms with Crippen molar-refractivity contribution < 1.29 is 14.6 Å². The molecule has 0 aromatic heterocycles. The molecule has 0 saturated heterocycles. The normalized spacial score (nSPS) is 12.1. The summed E-state index contributed by atoms with van der Waals surface area (Å²) in [6.45, 7) is 2.72. The van der Waals surface area contributed by atoms with Gasteiger partial charge in [0.05, 0.1) is 17.7 Å². The fraction of sp³-hybridized carbons (Fsp3) is 0.500. The molecular weight excluding hydrogens is 393 g/mol. The second-order valence-corrected chi connectivity index (χ2v) is 6.22. The lowest BCUT2D eigenvalue weighted by Crippen LogP contribution is -2.25. The Labute approximate surface area is 138 Å². The van der Waals surface area contributed by atoms with E-state index in [1.54, 1.807) is 12.1 Å². The molecule has 0 heterocycles. The van der Waals surface area contributed by atoms with Crippen LogP contribution >= 0.6 is 34.2 Å². The third kappa shape index (κ3) is 5.10. The first-order chi connectivity index (χ1) is 9.49. The van der Waals surface area contributed by atoms with E-state index in [1.807, 2.05) is 6.92 Å². The predicted molar refractivity (Wildman–Crippen MR) is 88.5 cm³/mol. The molecule has 2 N–H and O–H groups in total. The van der Waals surface area contributed by atoms with E-state index in [1.165, 1.54) is 7.11 Å². The largest absolute Gasteiger partial charge is 0.496 e. The fourth-order valence-electron chi connectivity index (χ4n) is 1.71. The van der Waals surface area contributed by atoms with Gasteiger partial charge in [-0.3, -0.25) is 4.79 Å². The van der Waals surface area contributed by atoms with Crippen LogP contribution in [0.25, 0.3) is 0 Å². The van der Waals surface area contributed by atoms with E-state index in [0.29, 0.717) is 22.9 Å². The highest BCUT2D eigenvalue weighted by Crippen LogP contribution is 2.28. The van der Waals surface area contributed by atoms with Crippen LogP contribution in [0.4, 0.5) is 0 Å². The van der Waals surface area contributed by atoms with Crippen molar-refractivity contribution in [2.24, 2.45) is 5.92 Å². The monoisotopic (exact) mass is 411 g/mol. The number of methoxy groups -OCH3 is 1. The first-order valence-corrected chi connectivity index (χ1v) is 7.87. The molecule has 112 valence electrons. The maximum Gasteiger partial charge on any atom is 0.255 e. The number of nitrogens with one attached hydrogen (secondary N) is 1. The minimum absolute atomic E-state index is 0.175. The van der Waals surface area contributed by atoms with E-state index < -0.39 is 0 Å². The summed E-state index contributed by atoms with van der Waals surface area (Å²) in [5.74, 6) is 0.575. The lowest BCUT2D eigenvalue weighted by molar-refractivity contribution is 0.0949. The number of hydrogen-bond acceptors (Lipinski definition) is 3. The van der Waals surface area contributed by atoms with Gasteiger partial charge in [-0.05, 0) is 53.5 Å². The lowest BCUT2D eigenvalue weighted by Gasteiger charge is -2.12. The summed E-state index contributed by atoms with van der Waals surface area (Å²) in [4.78, 5) is 12.1. The minimum atomic E-state index is -0.197. The van der Waals surface area contributed by atoms with Gasteiger partial charge in [-0.15, -0.1) is 0 Å². The number of hydrogen-bond donors (Lipinski definition) is 2. The number of benzene rings is 1.